The molecule has 0 aliphatic heterocycles. The molecular weight excluding hydrogens is 348 g/mol. The lowest BCUT2D eigenvalue weighted by molar-refractivity contribution is -0.380. The molecule has 28 heavy (non-hydrogen) atoms. The zero-order chi connectivity index (χ0) is 20.8. The van der Waals surface area contributed by atoms with Gasteiger partial charge in [0.2, 0.25) is 0 Å². The maximum absolute atomic E-state index is 5.79. The van der Waals surface area contributed by atoms with E-state index in [1.165, 1.54) is 96.3 Å². The third kappa shape index (κ3) is 16.8. The highest BCUT2D eigenvalue weighted by Gasteiger charge is 2.31. The van der Waals surface area contributed by atoms with Crippen LogP contribution in [-0.2, 0) is 14.2 Å². The summed E-state index contributed by atoms with van der Waals surface area (Å²) in [5.41, 5.74) is 0. The van der Waals surface area contributed by atoms with E-state index in [1.54, 1.807) is 0 Å². The highest BCUT2D eigenvalue weighted by molar-refractivity contribution is 4.59. The van der Waals surface area contributed by atoms with Gasteiger partial charge < -0.3 is 14.2 Å². The molecule has 0 radical (unpaired) electrons. The molecule has 0 spiro atoms. The predicted octanol–water partition coefficient (Wildman–Crippen LogP) is 8.40. The van der Waals surface area contributed by atoms with Gasteiger partial charge in [0, 0.05) is 26.2 Å². The molecular formula is C25H52O3. The topological polar surface area (TPSA) is 27.7 Å². The Kier molecular flexibility index (Phi) is 21.5. The summed E-state index contributed by atoms with van der Waals surface area (Å²) in [6.45, 7) is 10.2. The van der Waals surface area contributed by atoms with Crippen molar-refractivity contribution in [1.29, 1.82) is 0 Å². The van der Waals surface area contributed by atoms with Gasteiger partial charge in [0.1, 0.15) is 0 Å². The summed E-state index contributed by atoms with van der Waals surface area (Å²) in [6, 6.07) is 0. The van der Waals surface area contributed by atoms with E-state index in [0.717, 1.165) is 12.8 Å². The van der Waals surface area contributed by atoms with Crippen LogP contribution in [0.1, 0.15) is 137 Å². The molecule has 3 nitrogen and oxygen atoms in total. The molecule has 0 aliphatic rings. The van der Waals surface area contributed by atoms with Gasteiger partial charge in [-0.15, -0.1) is 0 Å². The van der Waals surface area contributed by atoms with E-state index in [1.807, 2.05) is 20.8 Å². The summed E-state index contributed by atoms with van der Waals surface area (Å²) in [7, 11) is 0. The minimum Gasteiger partial charge on any atom is -0.328 e. The molecule has 0 unspecified atom stereocenters. The van der Waals surface area contributed by atoms with Crippen LogP contribution in [-0.4, -0.2) is 25.8 Å². The molecule has 0 fully saturated rings. The number of hydrogen-bond donors (Lipinski definition) is 0. The fourth-order valence-corrected chi connectivity index (χ4v) is 3.89. The van der Waals surface area contributed by atoms with Crippen LogP contribution in [0, 0.1) is 0 Å². The van der Waals surface area contributed by atoms with Crippen molar-refractivity contribution in [3.05, 3.63) is 0 Å². The van der Waals surface area contributed by atoms with Crippen LogP contribution in [0.4, 0.5) is 0 Å². The molecule has 3 heteroatoms. The van der Waals surface area contributed by atoms with Crippen LogP contribution in [0.2, 0.25) is 0 Å². The zero-order valence-corrected chi connectivity index (χ0v) is 19.9. The number of hydrogen-bond acceptors (Lipinski definition) is 3. The molecule has 0 N–H and O–H groups in total. The SMILES string of the molecule is CCCCCCCCCCCCCCCCCCC(OCC)(OCC)OCC. The minimum absolute atomic E-state index is 0.624. The first kappa shape index (κ1) is 27.9. The average molecular weight is 401 g/mol. The first-order chi connectivity index (χ1) is 13.7. The van der Waals surface area contributed by atoms with Crippen molar-refractivity contribution in [2.24, 2.45) is 0 Å². The number of ether oxygens (including phenoxy) is 3. The van der Waals surface area contributed by atoms with Gasteiger partial charge >= 0.3 is 0 Å². The van der Waals surface area contributed by atoms with Crippen LogP contribution in [0.25, 0.3) is 0 Å². The van der Waals surface area contributed by atoms with Gasteiger partial charge in [0.15, 0.2) is 0 Å². The quantitative estimate of drug-likeness (QED) is 0.127. The molecule has 0 amide bonds. The molecule has 0 bridgehead atoms. The van der Waals surface area contributed by atoms with E-state index < -0.39 is 5.97 Å². The van der Waals surface area contributed by atoms with Gasteiger partial charge in [0.25, 0.3) is 5.97 Å². The zero-order valence-electron chi connectivity index (χ0n) is 19.9. The smallest absolute Gasteiger partial charge is 0.282 e. The summed E-state index contributed by atoms with van der Waals surface area (Å²) in [4.78, 5) is 0. The number of rotatable bonds is 23. The largest absolute Gasteiger partial charge is 0.328 e. The highest BCUT2D eigenvalue weighted by atomic mass is 16.9. The standard InChI is InChI=1S/C25H52O3/c1-5-9-10-11-12-13-14-15-16-17-18-19-20-21-22-23-24-25(26-6-2,27-7-3)28-8-4/h5-24H2,1-4H3. The lowest BCUT2D eigenvalue weighted by Gasteiger charge is -2.32. The van der Waals surface area contributed by atoms with E-state index in [-0.39, 0.29) is 0 Å². The second-order valence-corrected chi connectivity index (χ2v) is 8.04. The summed E-state index contributed by atoms with van der Waals surface area (Å²) in [6.07, 6.45) is 23.0. The first-order valence-corrected chi connectivity index (χ1v) is 12.7. The summed E-state index contributed by atoms with van der Waals surface area (Å²) < 4.78 is 17.4. The molecule has 0 heterocycles. The summed E-state index contributed by atoms with van der Waals surface area (Å²) in [5, 5.41) is 0. The molecule has 0 rings (SSSR count). The van der Waals surface area contributed by atoms with Crippen molar-refractivity contribution in [2.75, 3.05) is 19.8 Å². The Morgan fingerprint density at radius 1 is 0.393 bits per heavy atom. The van der Waals surface area contributed by atoms with Gasteiger partial charge in [-0.3, -0.25) is 0 Å². The Labute approximate surface area is 177 Å². The fraction of sp³-hybridized carbons (Fsp3) is 1.00. The molecule has 0 saturated heterocycles. The molecule has 0 aliphatic carbocycles. The van der Waals surface area contributed by atoms with Crippen LogP contribution < -0.4 is 0 Å². The predicted molar refractivity (Wildman–Crippen MR) is 122 cm³/mol. The van der Waals surface area contributed by atoms with Crippen molar-refractivity contribution < 1.29 is 14.2 Å². The van der Waals surface area contributed by atoms with Crippen LogP contribution in [0.5, 0.6) is 0 Å². The van der Waals surface area contributed by atoms with Crippen molar-refractivity contribution in [2.45, 2.75) is 143 Å². The fourth-order valence-electron chi connectivity index (χ4n) is 3.89. The first-order valence-electron chi connectivity index (χ1n) is 12.7. The Bertz CT molecular complexity index is 276. The monoisotopic (exact) mass is 400 g/mol. The second kappa shape index (κ2) is 21.6. The average Bonchev–Trinajstić information content (AvgIpc) is 2.68. The van der Waals surface area contributed by atoms with Gasteiger partial charge in [-0.1, -0.05) is 103 Å². The van der Waals surface area contributed by atoms with E-state index in [0.29, 0.717) is 19.8 Å². The van der Waals surface area contributed by atoms with Gasteiger partial charge in [-0.2, -0.15) is 0 Å². The molecule has 170 valence electrons. The Hall–Kier alpha value is -0.120. The molecule has 0 saturated carbocycles. The molecule has 0 atom stereocenters. The lowest BCUT2D eigenvalue weighted by Crippen LogP contribution is -2.39. The van der Waals surface area contributed by atoms with Crippen molar-refractivity contribution in [3.63, 3.8) is 0 Å². The van der Waals surface area contributed by atoms with Crippen molar-refractivity contribution >= 4 is 0 Å². The third-order valence-corrected chi connectivity index (χ3v) is 5.43. The van der Waals surface area contributed by atoms with E-state index in [2.05, 4.69) is 6.92 Å². The van der Waals surface area contributed by atoms with E-state index in [9.17, 15) is 0 Å². The lowest BCUT2D eigenvalue weighted by atomic mass is 10.0. The summed E-state index contributed by atoms with van der Waals surface area (Å²) in [5.74, 6) is -0.811. The van der Waals surface area contributed by atoms with Crippen LogP contribution >= 0.6 is 0 Å². The second-order valence-electron chi connectivity index (χ2n) is 8.04. The minimum atomic E-state index is -0.811. The Morgan fingerprint density at radius 2 is 0.679 bits per heavy atom. The Balaban J connectivity index is 3.46. The molecule has 0 aromatic heterocycles. The van der Waals surface area contributed by atoms with Gasteiger partial charge in [0.05, 0.1) is 0 Å². The molecule has 0 aromatic rings. The Morgan fingerprint density at radius 3 is 0.964 bits per heavy atom. The third-order valence-electron chi connectivity index (χ3n) is 5.43. The van der Waals surface area contributed by atoms with Crippen LogP contribution in [0.3, 0.4) is 0 Å². The highest BCUT2D eigenvalue weighted by Crippen LogP contribution is 2.24. The maximum Gasteiger partial charge on any atom is 0.282 e. The normalized spacial score (nSPS) is 12.0. The van der Waals surface area contributed by atoms with E-state index >= 15 is 0 Å². The van der Waals surface area contributed by atoms with Crippen LogP contribution in [0.15, 0.2) is 0 Å². The van der Waals surface area contributed by atoms with Gasteiger partial charge in [-0.25, -0.2) is 0 Å². The number of unbranched alkanes of at least 4 members (excludes halogenated alkanes) is 15. The molecule has 0 aromatic carbocycles. The van der Waals surface area contributed by atoms with Crippen molar-refractivity contribution in [1.82, 2.24) is 0 Å². The van der Waals surface area contributed by atoms with Crippen molar-refractivity contribution in [3.8, 4) is 0 Å². The maximum atomic E-state index is 5.79. The van der Waals surface area contributed by atoms with E-state index in [4.69, 9.17) is 14.2 Å². The van der Waals surface area contributed by atoms with Gasteiger partial charge in [-0.05, 0) is 27.2 Å². The summed E-state index contributed by atoms with van der Waals surface area (Å²) >= 11 is 0.